The van der Waals surface area contributed by atoms with Gasteiger partial charge in [-0.1, -0.05) is 11.6 Å². The van der Waals surface area contributed by atoms with Gasteiger partial charge in [-0.3, -0.25) is 14.6 Å². The molecule has 2 aliphatic heterocycles. The van der Waals surface area contributed by atoms with Gasteiger partial charge in [0.25, 0.3) is 11.8 Å². The van der Waals surface area contributed by atoms with E-state index in [1.54, 1.807) is 48.8 Å². The maximum atomic E-state index is 13.0. The van der Waals surface area contributed by atoms with Crippen LogP contribution in [0.25, 0.3) is 23.0 Å². The molecule has 2 aromatic heterocycles. The minimum atomic E-state index is -0.206. The molecule has 0 radical (unpaired) electrons. The summed E-state index contributed by atoms with van der Waals surface area (Å²) < 4.78 is 5.98. The molecule has 5 rings (SSSR count). The van der Waals surface area contributed by atoms with Gasteiger partial charge in [-0.25, -0.2) is 0 Å². The molecule has 3 aromatic rings. The SMILES string of the molecule is CN1CCCN(C(=O)c2cncc(-c3ccc(C=C4C(=O)Nc5ccc(Cl)cc54)o3)c2)CC1. The van der Waals surface area contributed by atoms with Gasteiger partial charge in [0, 0.05) is 53.9 Å². The van der Waals surface area contributed by atoms with Gasteiger partial charge < -0.3 is 19.5 Å². The lowest BCUT2D eigenvalue weighted by Crippen LogP contribution is -2.34. The Morgan fingerprint density at radius 3 is 2.88 bits per heavy atom. The Labute approximate surface area is 196 Å². The zero-order valence-electron chi connectivity index (χ0n) is 18.2. The third kappa shape index (κ3) is 4.42. The summed E-state index contributed by atoms with van der Waals surface area (Å²) in [7, 11) is 2.07. The van der Waals surface area contributed by atoms with Crippen LogP contribution < -0.4 is 5.32 Å². The molecule has 4 heterocycles. The second kappa shape index (κ2) is 8.84. The van der Waals surface area contributed by atoms with E-state index in [0.29, 0.717) is 39.8 Å². The van der Waals surface area contributed by atoms with Crippen LogP contribution in [-0.4, -0.2) is 59.8 Å². The molecule has 33 heavy (non-hydrogen) atoms. The number of carbonyl (C=O) groups excluding carboxylic acids is 2. The number of carbonyl (C=O) groups is 2. The highest BCUT2D eigenvalue weighted by Crippen LogP contribution is 2.35. The number of nitrogens with one attached hydrogen (secondary N) is 1. The average molecular weight is 463 g/mol. The van der Waals surface area contributed by atoms with E-state index in [2.05, 4.69) is 22.2 Å². The Balaban J connectivity index is 1.39. The van der Waals surface area contributed by atoms with Gasteiger partial charge in [-0.15, -0.1) is 0 Å². The first-order chi connectivity index (χ1) is 16.0. The topological polar surface area (TPSA) is 78.7 Å². The van der Waals surface area contributed by atoms with Crippen LogP contribution >= 0.6 is 11.6 Å². The Hall–Kier alpha value is -3.42. The number of furan rings is 1. The minimum absolute atomic E-state index is 0.0235. The Morgan fingerprint density at radius 2 is 2.00 bits per heavy atom. The molecular formula is C25H23ClN4O3. The van der Waals surface area contributed by atoms with Crippen molar-refractivity contribution in [2.45, 2.75) is 6.42 Å². The van der Waals surface area contributed by atoms with Crippen LogP contribution in [0.3, 0.4) is 0 Å². The molecule has 0 spiro atoms. The summed E-state index contributed by atoms with van der Waals surface area (Å²) >= 11 is 6.11. The molecule has 0 atom stereocenters. The molecule has 2 aliphatic rings. The van der Waals surface area contributed by atoms with E-state index in [1.165, 1.54) is 0 Å². The normalized spacial score (nSPS) is 17.7. The zero-order valence-corrected chi connectivity index (χ0v) is 18.9. The van der Waals surface area contributed by atoms with Crippen LogP contribution in [-0.2, 0) is 4.79 Å². The molecule has 8 heteroatoms. The fourth-order valence-electron chi connectivity index (χ4n) is 4.16. The number of fused-ring (bicyclic) bond motifs is 1. The molecule has 1 saturated heterocycles. The van der Waals surface area contributed by atoms with Gasteiger partial charge >= 0.3 is 0 Å². The summed E-state index contributed by atoms with van der Waals surface area (Å²) in [6.07, 6.45) is 5.90. The van der Waals surface area contributed by atoms with Crippen molar-refractivity contribution >= 4 is 40.8 Å². The summed E-state index contributed by atoms with van der Waals surface area (Å²) in [5, 5.41) is 3.38. The lowest BCUT2D eigenvalue weighted by molar-refractivity contribution is -0.110. The van der Waals surface area contributed by atoms with Gasteiger partial charge in [0.2, 0.25) is 0 Å². The summed E-state index contributed by atoms with van der Waals surface area (Å²) in [4.78, 5) is 33.8. The van der Waals surface area contributed by atoms with Crippen LogP contribution in [0, 0.1) is 0 Å². The van der Waals surface area contributed by atoms with Gasteiger partial charge in [-0.05, 0) is 62.5 Å². The molecule has 168 valence electrons. The number of amides is 2. The zero-order chi connectivity index (χ0) is 22.9. The second-order valence-electron chi connectivity index (χ2n) is 8.32. The number of pyridine rings is 1. The number of benzene rings is 1. The van der Waals surface area contributed by atoms with Crippen molar-refractivity contribution in [2.24, 2.45) is 0 Å². The molecule has 2 amide bonds. The van der Waals surface area contributed by atoms with E-state index in [0.717, 1.165) is 37.3 Å². The van der Waals surface area contributed by atoms with E-state index in [4.69, 9.17) is 16.0 Å². The summed E-state index contributed by atoms with van der Waals surface area (Å²) in [5.74, 6) is 0.867. The van der Waals surface area contributed by atoms with Crippen LogP contribution in [0.2, 0.25) is 5.02 Å². The summed E-state index contributed by atoms with van der Waals surface area (Å²) in [5.41, 5.74) is 3.19. The van der Waals surface area contributed by atoms with Crippen molar-refractivity contribution < 1.29 is 14.0 Å². The van der Waals surface area contributed by atoms with Crippen molar-refractivity contribution in [3.05, 3.63) is 70.7 Å². The molecule has 0 saturated carbocycles. The number of nitrogens with zero attached hydrogens (tertiary/aromatic N) is 3. The largest absolute Gasteiger partial charge is 0.457 e. The van der Waals surface area contributed by atoms with Crippen LogP contribution in [0.5, 0.6) is 0 Å². The van der Waals surface area contributed by atoms with Crippen LogP contribution in [0.1, 0.15) is 28.1 Å². The van der Waals surface area contributed by atoms with E-state index in [1.807, 2.05) is 11.0 Å². The first kappa shape index (κ1) is 21.4. The van der Waals surface area contributed by atoms with Gasteiger partial charge in [0.05, 0.1) is 11.1 Å². The Kier molecular flexibility index (Phi) is 5.74. The predicted molar refractivity (Wildman–Crippen MR) is 128 cm³/mol. The Morgan fingerprint density at radius 1 is 1.12 bits per heavy atom. The molecule has 7 nitrogen and oxygen atoms in total. The van der Waals surface area contributed by atoms with Gasteiger partial charge in [0.1, 0.15) is 11.5 Å². The van der Waals surface area contributed by atoms with Crippen molar-refractivity contribution in [1.82, 2.24) is 14.8 Å². The van der Waals surface area contributed by atoms with Crippen molar-refractivity contribution in [2.75, 3.05) is 38.5 Å². The number of aromatic nitrogens is 1. The number of rotatable bonds is 3. The molecular weight excluding hydrogens is 440 g/mol. The maximum Gasteiger partial charge on any atom is 0.256 e. The lowest BCUT2D eigenvalue weighted by atomic mass is 10.1. The monoisotopic (exact) mass is 462 g/mol. The average Bonchev–Trinajstić information content (AvgIpc) is 3.33. The maximum absolute atomic E-state index is 13.0. The third-order valence-corrected chi connectivity index (χ3v) is 6.19. The number of hydrogen-bond donors (Lipinski definition) is 1. The molecule has 0 bridgehead atoms. The summed E-state index contributed by atoms with van der Waals surface area (Å²) in [6.45, 7) is 3.28. The quantitative estimate of drug-likeness (QED) is 0.588. The minimum Gasteiger partial charge on any atom is -0.457 e. The van der Waals surface area contributed by atoms with E-state index >= 15 is 0 Å². The molecule has 1 fully saturated rings. The van der Waals surface area contributed by atoms with Gasteiger partial charge in [-0.2, -0.15) is 0 Å². The first-order valence-electron chi connectivity index (χ1n) is 10.8. The fourth-order valence-corrected chi connectivity index (χ4v) is 4.33. The van der Waals surface area contributed by atoms with Crippen LogP contribution in [0.15, 0.2) is 53.2 Å². The number of anilines is 1. The van der Waals surface area contributed by atoms with Gasteiger partial charge in [0.15, 0.2) is 0 Å². The van der Waals surface area contributed by atoms with E-state index < -0.39 is 0 Å². The molecule has 1 N–H and O–H groups in total. The standard InChI is InChI=1S/C25H23ClN4O3/c1-29-7-2-8-30(10-9-29)25(32)17-11-16(14-27-15-17)23-6-4-19(33-23)13-21-20-12-18(26)3-5-22(20)28-24(21)31/h3-6,11-15H,2,7-10H2,1H3,(H,28,31). The first-order valence-corrected chi connectivity index (χ1v) is 11.2. The lowest BCUT2D eigenvalue weighted by Gasteiger charge is -2.20. The fraction of sp³-hybridized carbons (Fsp3) is 0.240. The summed E-state index contributed by atoms with van der Waals surface area (Å²) in [6, 6.07) is 10.7. The third-order valence-electron chi connectivity index (χ3n) is 5.95. The van der Waals surface area contributed by atoms with Crippen molar-refractivity contribution in [3.63, 3.8) is 0 Å². The highest BCUT2D eigenvalue weighted by Gasteiger charge is 2.25. The number of likely N-dealkylation sites (N-methyl/N-ethyl adjacent to an activating group) is 1. The van der Waals surface area contributed by atoms with Crippen LogP contribution in [0.4, 0.5) is 5.69 Å². The highest BCUT2D eigenvalue weighted by molar-refractivity contribution is 6.36. The number of halogens is 1. The molecule has 0 unspecified atom stereocenters. The molecule has 1 aromatic carbocycles. The van der Waals surface area contributed by atoms with Crippen molar-refractivity contribution in [3.8, 4) is 11.3 Å². The molecule has 0 aliphatic carbocycles. The van der Waals surface area contributed by atoms with E-state index in [-0.39, 0.29) is 11.8 Å². The smallest absolute Gasteiger partial charge is 0.256 e. The van der Waals surface area contributed by atoms with E-state index in [9.17, 15) is 9.59 Å². The second-order valence-corrected chi connectivity index (χ2v) is 8.75. The van der Waals surface area contributed by atoms with Crippen molar-refractivity contribution in [1.29, 1.82) is 0 Å². The Bertz CT molecular complexity index is 1270. The number of hydrogen-bond acceptors (Lipinski definition) is 5. The highest BCUT2D eigenvalue weighted by atomic mass is 35.5. The predicted octanol–water partition coefficient (Wildman–Crippen LogP) is 4.27.